The number of aliphatic hydroxyl groups is 1. The van der Waals surface area contributed by atoms with Gasteiger partial charge in [0.2, 0.25) is 0 Å². The summed E-state index contributed by atoms with van der Waals surface area (Å²) in [6, 6.07) is 0. The molecule has 1 atom stereocenters. The molecule has 1 N–H and O–H groups in total. The fraction of sp³-hybridized carbons (Fsp3) is 0.750. The zero-order valence-electron chi connectivity index (χ0n) is 6.30. The number of hydrogen-bond acceptors (Lipinski definition) is 1. The number of aliphatic hydroxyl groups excluding tert-OH is 1. The molecule has 1 nitrogen and oxygen atoms in total. The molecule has 0 saturated carbocycles. The SMILES string of the molecule is CC/C=C\C(CC)CO. The van der Waals surface area contributed by atoms with Crippen LogP contribution in [0.5, 0.6) is 0 Å². The molecule has 0 rings (SSSR count). The molecule has 1 heteroatoms. The number of allylic oxidation sites excluding steroid dienone is 1. The maximum Gasteiger partial charge on any atom is 0.0493 e. The lowest BCUT2D eigenvalue weighted by atomic mass is 10.1. The summed E-state index contributed by atoms with van der Waals surface area (Å²) >= 11 is 0. The molecule has 54 valence electrons. The molecule has 0 fully saturated rings. The third-order valence-electron chi connectivity index (χ3n) is 1.40. The largest absolute Gasteiger partial charge is 0.396 e. The summed E-state index contributed by atoms with van der Waals surface area (Å²) in [6.45, 7) is 4.47. The first-order valence-electron chi connectivity index (χ1n) is 3.62. The molecular weight excluding hydrogens is 112 g/mol. The van der Waals surface area contributed by atoms with Crippen molar-refractivity contribution in [3.05, 3.63) is 12.2 Å². The Morgan fingerprint density at radius 2 is 2.11 bits per heavy atom. The predicted molar refractivity (Wildman–Crippen MR) is 40.3 cm³/mol. The maximum atomic E-state index is 8.70. The highest BCUT2D eigenvalue weighted by Gasteiger charge is 1.95. The van der Waals surface area contributed by atoms with E-state index in [4.69, 9.17) is 5.11 Å². The van der Waals surface area contributed by atoms with E-state index in [1.165, 1.54) is 0 Å². The van der Waals surface area contributed by atoms with Crippen LogP contribution in [0.15, 0.2) is 12.2 Å². The van der Waals surface area contributed by atoms with E-state index in [0.29, 0.717) is 5.92 Å². The zero-order valence-corrected chi connectivity index (χ0v) is 6.30. The van der Waals surface area contributed by atoms with E-state index in [9.17, 15) is 0 Å². The van der Waals surface area contributed by atoms with E-state index in [1.807, 2.05) is 0 Å². The summed E-state index contributed by atoms with van der Waals surface area (Å²) in [5.41, 5.74) is 0. The molecule has 1 unspecified atom stereocenters. The van der Waals surface area contributed by atoms with Gasteiger partial charge in [0.05, 0.1) is 0 Å². The van der Waals surface area contributed by atoms with Crippen LogP contribution in [-0.4, -0.2) is 11.7 Å². The summed E-state index contributed by atoms with van der Waals surface area (Å²) in [4.78, 5) is 0. The van der Waals surface area contributed by atoms with Crippen LogP contribution in [0.3, 0.4) is 0 Å². The molecule has 0 aromatic carbocycles. The first-order chi connectivity index (χ1) is 4.35. The summed E-state index contributed by atoms with van der Waals surface area (Å²) in [7, 11) is 0. The molecule has 0 spiro atoms. The highest BCUT2D eigenvalue weighted by Crippen LogP contribution is 2.02. The number of rotatable bonds is 4. The van der Waals surface area contributed by atoms with Crippen LogP contribution in [0, 0.1) is 5.92 Å². The Morgan fingerprint density at radius 3 is 2.44 bits per heavy atom. The summed E-state index contributed by atoms with van der Waals surface area (Å²) in [5.74, 6) is 0.380. The van der Waals surface area contributed by atoms with Gasteiger partial charge in [-0.15, -0.1) is 0 Å². The summed E-state index contributed by atoms with van der Waals surface area (Å²) in [6.07, 6.45) is 6.29. The van der Waals surface area contributed by atoms with E-state index < -0.39 is 0 Å². The second kappa shape index (κ2) is 5.83. The van der Waals surface area contributed by atoms with Crippen LogP contribution in [0.25, 0.3) is 0 Å². The van der Waals surface area contributed by atoms with Gasteiger partial charge in [0.15, 0.2) is 0 Å². The molecular formula is C8H16O. The van der Waals surface area contributed by atoms with Gasteiger partial charge in [-0.1, -0.05) is 26.0 Å². The fourth-order valence-electron chi connectivity index (χ4n) is 0.655. The third-order valence-corrected chi connectivity index (χ3v) is 1.40. The van der Waals surface area contributed by atoms with Crippen LogP contribution in [-0.2, 0) is 0 Å². The highest BCUT2D eigenvalue weighted by molar-refractivity contribution is 4.86. The van der Waals surface area contributed by atoms with E-state index >= 15 is 0 Å². The molecule has 0 bridgehead atoms. The quantitative estimate of drug-likeness (QED) is 0.574. The van der Waals surface area contributed by atoms with Crippen molar-refractivity contribution in [2.75, 3.05) is 6.61 Å². The molecule has 0 aliphatic rings. The molecule has 9 heavy (non-hydrogen) atoms. The van der Waals surface area contributed by atoms with Crippen molar-refractivity contribution in [3.8, 4) is 0 Å². The van der Waals surface area contributed by atoms with Crippen molar-refractivity contribution in [1.29, 1.82) is 0 Å². The van der Waals surface area contributed by atoms with Gasteiger partial charge in [-0.2, -0.15) is 0 Å². The van der Waals surface area contributed by atoms with Crippen molar-refractivity contribution >= 4 is 0 Å². The van der Waals surface area contributed by atoms with Crippen LogP contribution in [0.1, 0.15) is 26.7 Å². The van der Waals surface area contributed by atoms with E-state index in [0.717, 1.165) is 12.8 Å². The molecule has 0 aliphatic carbocycles. The van der Waals surface area contributed by atoms with Crippen molar-refractivity contribution in [2.45, 2.75) is 26.7 Å². The van der Waals surface area contributed by atoms with E-state index in [1.54, 1.807) is 0 Å². The standard InChI is InChI=1S/C8H16O/c1-3-5-6-8(4-2)7-9/h5-6,8-9H,3-4,7H2,1-2H3/b6-5-. The molecule has 0 aromatic rings. The molecule has 0 saturated heterocycles. The Morgan fingerprint density at radius 1 is 1.44 bits per heavy atom. The Balaban J connectivity index is 3.41. The average Bonchev–Trinajstić information content (AvgIpc) is 1.91. The lowest BCUT2D eigenvalue weighted by Gasteiger charge is -2.02. The van der Waals surface area contributed by atoms with Gasteiger partial charge in [0.25, 0.3) is 0 Å². The fourth-order valence-corrected chi connectivity index (χ4v) is 0.655. The summed E-state index contributed by atoms with van der Waals surface area (Å²) < 4.78 is 0. The maximum absolute atomic E-state index is 8.70. The molecule has 0 amide bonds. The van der Waals surface area contributed by atoms with Crippen molar-refractivity contribution in [2.24, 2.45) is 5.92 Å². The summed E-state index contributed by atoms with van der Waals surface area (Å²) in [5, 5.41) is 8.70. The smallest absolute Gasteiger partial charge is 0.0493 e. The van der Waals surface area contributed by atoms with Gasteiger partial charge in [-0.3, -0.25) is 0 Å². The minimum absolute atomic E-state index is 0.285. The topological polar surface area (TPSA) is 20.2 Å². The first kappa shape index (κ1) is 8.70. The van der Waals surface area contributed by atoms with Crippen LogP contribution >= 0.6 is 0 Å². The van der Waals surface area contributed by atoms with Gasteiger partial charge in [-0.25, -0.2) is 0 Å². The second-order valence-electron chi connectivity index (χ2n) is 2.19. The van der Waals surface area contributed by atoms with Crippen LogP contribution in [0.2, 0.25) is 0 Å². The van der Waals surface area contributed by atoms with E-state index in [2.05, 4.69) is 26.0 Å². The van der Waals surface area contributed by atoms with Crippen molar-refractivity contribution in [1.82, 2.24) is 0 Å². The monoisotopic (exact) mass is 128 g/mol. The van der Waals surface area contributed by atoms with Gasteiger partial charge >= 0.3 is 0 Å². The van der Waals surface area contributed by atoms with Crippen molar-refractivity contribution in [3.63, 3.8) is 0 Å². The molecule has 0 heterocycles. The highest BCUT2D eigenvalue weighted by atomic mass is 16.3. The van der Waals surface area contributed by atoms with Gasteiger partial charge in [-0.05, 0) is 18.8 Å². The second-order valence-corrected chi connectivity index (χ2v) is 2.19. The normalized spacial score (nSPS) is 14.6. The zero-order chi connectivity index (χ0) is 7.11. The first-order valence-corrected chi connectivity index (χ1v) is 3.62. The van der Waals surface area contributed by atoms with Gasteiger partial charge < -0.3 is 5.11 Å². The van der Waals surface area contributed by atoms with Gasteiger partial charge in [0.1, 0.15) is 0 Å². The predicted octanol–water partition coefficient (Wildman–Crippen LogP) is 1.97. The molecule has 0 aromatic heterocycles. The Bertz CT molecular complexity index is 72.6. The van der Waals surface area contributed by atoms with E-state index in [-0.39, 0.29) is 6.61 Å². The van der Waals surface area contributed by atoms with Gasteiger partial charge in [0, 0.05) is 6.61 Å². The average molecular weight is 128 g/mol. The minimum Gasteiger partial charge on any atom is -0.396 e. The Hall–Kier alpha value is -0.300. The van der Waals surface area contributed by atoms with Crippen LogP contribution < -0.4 is 0 Å². The minimum atomic E-state index is 0.285. The Kier molecular flexibility index (Phi) is 5.64. The third kappa shape index (κ3) is 4.22. The Labute approximate surface area is 57.4 Å². The lowest BCUT2D eigenvalue weighted by Crippen LogP contribution is -1.99. The van der Waals surface area contributed by atoms with Crippen molar-refractivity contribution < 1.29 is 5.11 Å². The van der Waals surface area contributed by atoms with Crippen LogP contribution in [0.4, 0.5) is 0 Å². The molecule has 0 radical (unpaired) electrons. The number of hydrogen-bond donors (Lipinski definition) is 1. The lowest BCUT2D eigenvalue weighted by molar-refractivity contribution is 0.249. The molecule has 0 aliphatic heterocycles.